The summed E-state index contributed by atoms with van der Waals surface area (Å²) < 4.78 is 0. The van der Waals surface area contributed by atoms with Crippen molar-refractivity contribution in [2.45, 2.75) is 44.2 Å². The number of carbonyl (C=O) groups is 3. The molecule has 0 radical (unpaired) electrons. The van der Waals surface area contributed by atoms with Crippen LogP contribution in [0.3, 0.4) is 0 Å². The molecule has 0 saturated carbocycles. The van der Waals surface area contributed by atoms with Crippen LogP contribution in [-0.4, -0.2) is 41.8 Å². The van der Waals surface area contributed by atoms with E-state index in [1.807, 2.05) is 6.07 Å². The normalized spacial score (nSPS) is 24.9. The van der Waals surface area contributed by atoms with Crippen molar-refractivity contribution >= 4 is 17.7 Å². The topological polar surface area (TPSA) is 78.5 Å². The van der Waals surface area contributed by atoms with E-state index in [4.69, 9.17) is 0 Å². The largest absolute Gasteiger partial charge is 0.322 e. The van der Waals surface area contributed by atoms with Crippen molar-refractivity contribution in [1.82, 2.24) is 15.5 Å². The molecule has 3 heterocycles. The number of hydrogen-bond acceptors (Lipinski definition) is 4. The predicted octanol–water partition coefficient (Wildman–Crippen LogP) is 0.915. The Kier molecular flexibility index (Phi) is 3.84. The van der Waals surface area contributed by atoms with Crippen LogP contribution in [0.25, 0.3) is 0 Å². The number of piperidine rings is 2. The van der Waals surface area contributed by atoms with Crippen LogP contribution in [0.4, 0.5) is 0 Å². The van der Waals surface area contributed by atoms with E-state index in [2.05, 4.69) is 22.8 Å². The number of nitrogens with zero attached hydrogens (tertiary/aromatic N) is 1. The summed E-state index contributed by atoms with van der Waals surface area (Å²) in [5.74, 6) is -0.174. The molecule has 3 aliphatic heterocycles. The van der Waals surface area contributed by atoms with Crippen molar-refractivity contribution in [3.8, 4) is 0 Å². The van der Waals surface area contributed by atoms with E-state index < -0.39 is 6.04 Å². The Morgan fingerprint density at radius 3 is 2.58 bits per heavy atom. The van der Waals surface area contributed by atoms with Gasteiger partial charge in [0.15, 0.2) is 0 Å². The SMILES string of the molecule is O=C1CC[C@@H](N2Cc3cc(C4CCNCC4)ccc3C2=O)C(=O)N1. The Morgan fingerprint density at radius 1 is 1.04 bits per heavy atom. The van der Waals surface area contributed by atoms with Gasteiger partial charge >= 0.3 is 0 Å². The van der Waals surface area contributed by atoms with E-state index in [9.17, 15) is 14.4 Å². The second-order valence-corrected chi connectivity index (χ2v) is 6.84. The lowest BCUT2D eigenvalue weighted by molar-refractivity contribution is -0.136. The highest BCUT2D eigenvalue weighted by atomic mass is 16.2. The second kappa shape index (κ2) is 6.02. The Morgan fingerprint density at radius 2 is 1.83 bits per heavy atom. The molecule has 0 spiro atoms. The molecule has 6 nitrogen and oxygen atoms in total. The molecule has 2 saturated heterocycles. The molecule has 126 valence electrons. The van der Waals surface area contributed by atoms with Gasteiger partial charge in [0.2, 0.25) is 11.8 Å². The predicted molar refractivity (Wildman–Crippen MR) is 87.3 cm³/mol. The molecule has 0 bridgehead atoms. The van der Waals surface area contributed by atoms with Crippen LogP contribution in [0.15, 0.2) is 18.2 Å². The number of rotatable bonds is 2. The van der Waals surface area contributed by atoms with Crippen molar-refractivity contribution in [2.75, 3.05) is 13.1 Å². The van der Waals surface area contributed by atoms with E-state index in [1.54, 1.807) is 4.90 Å². The molecule has 0 aromatic heterocycles. The van der Waals surface area contributed by atoms with Gasteiger partial charge in [0.1, 0.15) is 6.04 Å². The van der Waals surface area contributed by atoms with Crippen molar-refractivity contribution < 1.29 is 14.4 Å². The van der Waals surface area contributed by atoms with Crippen LogP contribution in [0.5, 0.6) is 0 Å². The van der Waals surface area contributed by atoms with Gasteiger partial charge in [-0.25, -0.2) is 0 Å². The maximum Gasteiger partial charge on any atom is 0.255 e. The van der Waals surface area contributed by atoms with E-state index in [0.29, 0.717) is 24.4 Å². The molecule has 1 atom stereocenters. The van der Waals surface area contributed by atoms with E-state index >= 15 is 0 Å². The fourth-order valence-corrected chi connectivity index (χ4v) is 4.00. The molecule has 0 unspecified atom stereocenters. The summed E-state index contributed by atoms with van der Waals surface area (Å²) in [7, 11) is 0. The lowest BCUT2D eigenvalue weighted by Crippen LogP contribution is -2.52. The number of fused-ring (bicyclic) bond motifs is 1. The summed E-state index contributed by atoms with van der Waals surface area (Å²) in [6.07, 6.45) is 2.93. The van der Waals surface area contributed by atoms with Gasteiger partial charge in [-0.05, 0) is 55.5 Å². The van der Waals surface area contributed by atoms with E-state index in [0.717, 1.165) is 31.5 Å². The molecule has 0 aliphatic carbocycles. The van der Waals surface area contributed by atoms with Gasteiger partial charge in [-0.3, -0.25) is 19.7 Å². The number of hydrogen-bond donors (Lipinski definition) is 2. The minimum atomic E-state index is -0.537. The fraction of sp³-hybridized carbons (Fsp3) is 0.500. The number of amides is 3. The second-order valence-electron chi connectivity index (χ2n) is 6.84. The summed E-state index contributed by atoms with van der Waals surface area (Å²) in [5.41, 5.74) is 2.98. The molecule has 24 heavy (non-hydrogen) atoms. The summed E-state index contributed by atoms with van der Waals surface area (Å²) in [5, 5.41) is 5.71. The first-order chi connectivity index (χ1) is 11.6. The first-order valence-electron chi connectivity index (χ1n) is 8.61. The summed E-state index contributed by atoms with van der Waals surface area (Å²) in [6, 6.07) is 5.56. The molecule has 1 aromatic rings. The molecule has 1 aromatic carbocycles. The zero-order chi connectivity index (χ0) is 16.7. The summed E-state index contributed by atoms with van der Waals surface area (Å²) in [6.45, 7) is 2.52. The Hall–Kier alpha value is -2.21. The Bertz CT molecular complexity index is 709. The van der Waals surface area contributed by atoms with Gasteiger partial charge < -0.3 is 10.2 Å². The van der Waals surface area contributed by atoms with Crippen LogP contribution in [0.1, 0.15) is 53.1 Å². The first kappa shape index (κ1) is 15.3. The van der Waals surface area contributed by atoms with Crippen molar-refractivity contribution in [2.24, 2.45) is 0 Å². The van der Waals surface area contributed by atoms with Gasteiger partial charge in [-0.2, -0.15) is 0 Å². The quantitative estimate of drug-likeness (QED) is 0.792. The smallest absolute Gasteiger partial charge is 0.255 e. The zero-order valence-electron chi connectivity index (χ0n) is 13.5. The fourth-order valence-electron chi connectivity index (χ4n) is 4.00. The minimum absolute atomic E-state index is 0.101. The van der Waals surface area contributed by atoms with Gasteiger partial charge in [0.25, 0.3) is 5.91 Å². The maximum absolute atomic E-state index is 12.7. The molecule has 3 aliphatic rings. The minimum Gasteiger partial charge on any atom is -0.322 e. The van der Waals surface area contributed by atoms with Crippen molar-refractivity contribution in [3.05, 3.63) is 34.9 Å². The third kappa shape index (κ3) is 2.60. The van der Waals surface area contributed by atoms with Crippen LogP contribution < -0.4 is 10.6 Å². The number of nitrogens with one attached hydrogen (secondary N) is 2. The highest BCUT2D eigenvalue weighted by Crippen LogP contribution is 2.32. The standard InChI is InChI=1S/C18H21N3O3/c22-16-4-3-15(17(23)20-16)21-10-13-9-12(1-2-14(13)18(21)24)11-5-7-19-8-6-11/h1-2,9,11,15,19H,3-8,10H2,(H,20,22,23)/t15-/m1/s1. The number of benzene rings is 1. The maximum atomic E-state index is 12.7. The van der Waals surface area contributed by atoms with Gasteiger partial charge in [-0.15, -0.1) is 0 Å². The van der Waals surface area contributed by atoms with Crippen LogP contribution >= 0.6 is 0 Å². The lowest BCUT2D eigenvalue weighted by atomic mass is 9.88. The third-order valence-electron chi connectivity index (χ3n) is 5.36. The van der Waals surface area contributed by atoms with Gasteiger partial charge in [-0.1, -0.05) is 12.1 Å². The average molecular weight is 327 g/mol. The van der Waals surface area contributed by atoms with Gasteiger partial charge in [0, 0.05) is 18.5 Å². The molecule has 2 N–H and O–H groups in total. The highest BCUT2D eigenvalue weighted by molar-refractivity contribution is 6.05. The Labute approximate surface area is 140 Å². The van der Waals surface area contributed by atoms with Crippen LogP contribution in [0.2, 0.25) is 0 Å². The van der Waals surface area contributed by atoms with Gasteiger partial charge in [0.05, 0.1) is 0 Å². The average Bonchev–Trinajstić information content (AvgIpc) is 2.92. The monoisotopic (exact) mass is 327 g/mol. The highest BCUT2D eigenvalue weighted by Gasteiger charge is 2.39. The molecule has 4 rings (SSSR count). The van der Waals surface area contributed by atoms with Crippen molar-refractivity contribution in [1.29, 1.82) is 0 Å². The van der Waals surface area contributed by atoms with Crippen LogP contribution in [0, 0.1) is 0 Å². The number of imide groups is 1. The third-order valence-corrected chi connectivity index (χ3v) is 5.36. The van der Waals surface area contributed by atoms with E-state index in [-0.39, 0.29) is 24.1 Å². The molecule has 6 heteroatoms. The molecule has 2 fully saturated rings. The molecule has 3 amide bonds. The zero-order valence-corrected chi connectivity index (χ0v) is 13.5. The van der Waals surface area contributed by atoms with Crippen molar-refractivity contribution in [3.63, 3.8) is 0 Å². The molecular formula is C18H21N3O3. The molecular weight excluding hydrogens is 306 g/mol. The lowest BCUT2D eigenvalue weighted by Gasteiger charge is -2.29. The number of carbonyl (C=O) groups excluding carboxylic acids is 3. The Balaban J connectivity index is 1.55. The first-order valence-corrected chi connectivity index (χ1v) is 8.61. The van der Waals surface area contributed by atoms with Crippen LogP contribution in [-0.2, 0) is 16.1 Å². The summed E-state index contributed by atoms with van der Waals surface area (Å²) >= 11 is 0. The summed E-state index contributed by atoms with van der Waals surface area (Å²) in [4.78, 5) is 37.7. The van der Waals surface area contributed by atoms with E-state index in [1.165, 1.54) is 5.56 Å².